The molecule has 0 unspecified atom stereocenters. The van der Waals surface area contributed by atoms with Crippen molar-refractivity contribution in [2.75, 3.05) is 0 Å². The van der Waals surface area contributed by atoms with Gasteiger partial charge >= 0.3 is 0 Å². The van der Waals surface area contributed by atoms with Crippen molar-refractivity contribution in [2.24, 2.45) is 0 Å². The molecular formula is C19H15BrClN3O2. The fourth-order valence-electron chi connectivity index (χ4n) is 2.20. The van der Waals surface area contributed by atoms with E-state index in [1.54, 1.807) is 18.5 Å². The lowest BCUT2D eigenvalue weighted by atomic mass is 10.2. The molecule has 2 heterocycles. The average Bonchev–Trinajstić information content (AvgIpc) is 2.68. The minimum absolute atomic E-state index is 0.170. The van der Waals surface area contributed by atoms with E-state index in [-0.39, 0.29) is 11.1 Å². The van der Waals surface area contributed by atoms with Crippen LogP contribution in [0.1, 0.15) is 21.6 Å². The van der Waals surface area contributed by atoms with Gasteiger partial charge in [0, 0.05) is 23.4 Å². The fourth-order valence-corrected chi connectivity index (χ4v) is 2.72. The summed E-state index contributed by atoms with van der Waals surface area (Å²) in [5.41, 5.74) is 2.14. The summed E-state index contributed by atoms with van der Waals surface area (Å²) >= 11 is 9.25. The lowest BCUT2D eigenvalue weighted by molar-refractivity contribution is 0.0950. The summed E-state index contributed by atoms with van der Waals surface area (Å²) in [6.07, 6.45) is 3.28. The molecule has 0 atom stereocenters. The Morgan fingerprint density at radius 2 is 1.96 bits per heavy atom. The second-order valence-corrected chi connectivity index (χ2v) is 6.70. The van der Waals surface area contributed by atoms with Crippen LogP contribution in [0.3, 0.4) is 0 Å². The number of ether oxygens (including phenoxy) is 1. The van der Waals surface area contributed by atoms with E-state index in [0.29, 0.717) is 23.2 Å². The van der Waals surface area contributed by atoms with Crippen LogP contribution in [-0.2, 0) is 13.2 Å². The van der Waals surface area contributed by atoms with Gasteiger partial charge in [0.1, 0.15) is 17.5 Å². The highest BCUT2D eigenvalue weighted by molar-refractivity contribution is 9.10. The van der Waals surface area contributed by atoms with Crippen LogP contribution in [0.4, 0.5) is 0 Å². The lowest BCUT2D eigenvalue weighted by Crippen LogP contribution is -2.23. The van der Waals surface area contributed by atoms with Gasteiger partial charge in [-0.05, 0) is 51.8 Å². The van der Waals surface area contributed by atoms with Crippen LogP contribution in [-0.4, -0.2) is 15.9 Å². The number of rotatable bonds is 6. The number of pyridine rings is 2. The number of amides is 1. The van der Waals surface area contributed by atoms with E-state index in [1.165, 1.54) is 0 Å². The second kappa shape index (κ2) is 8.78. The Labute approximate surface area is 164 Å². The van der Waals surface area contributed by atoms with Crippen molar-refractivity contribution in [2.45, 2.75) is 13.2 Å². The van der Waals surface area contributed by atoms with Gasteiger partial charge in [-0.2, -0.15) is 0 Å². The van der Waals surface area contributed by atoms with E-state index in [4.69, 9.17) is 16.3 Å². The summed E-state index contributed by atoms with van der Waals surface area (Å²) in [4.78, 5) is 20.4. The van der Waals surface area contributed by atoms with Crippen LogP contribution in [0, 0.1) is 0 Å². The van der Waals surface area contributed by atoms with Crippen molar-refractivity contribution in [1.82, 2.24) is 15.3 Å². The predicted octanol–water partition coefficient (Wildman–Crippen LogP) is 4.40. The molecule has 0 bridgehead atoms. The predicted molar refractivity (Wildman–Crippen MR) is 103 cm³/mol. The molecule has 1 N–H and O–H groups in total. The number of nitrogens with zero attached hydrogens (tertiary/aromatic N) is 2. The third-order valence-corrected chi connectivity index (χ3v) is 4.27. The molecule has 0 fully saturated rings. The Hall–Kier alpha value is -2.44. The monoisotopic (exact) mass is 431 g/mol. The van der Waals surface area contributed by atoms with Crippen molar-refractivity contribution in [3.8, 4) is 5.75 Å². The Kier molecular flexibility index (Phi) is 6.20. The number of halogens is 2. The molecule has 1 amide bonds. The molecule has 3 rings (SSSR count). The zero-order chi connectivity index (χ0) is 18.4. The van der Waals surface area contributed by atoms with Crippen LogP contribution in [0.5, 0.6) is 5.75 Å². The van der Waals surface area contributed by atoms with E-state index in [2.05, 4.69) is 31.2 Å². The SMILES string of the molecule is O=C(NCc1ccc(OCc2ccccn2)cc1)c1cc(Br)cnc1Cl. The van der Waals surface area contributed by atoms with Crippen molar-refractivity contribution < 1.29 is 9.53 Å². The number of hydrogen-bond donors (Lipinski definition) is 1. The molecule has 0 aliphatic rings. The summed E-state index contributed by atoms with van der Waals surface area (Å²) in [7, 11) is 0. The summed E-state index contributed by atoms with van der Waals surface area (Å²) in [5.74, 6) is 0.462. The van der Waals surface area contributed by atoms with E-state index < -0.39 is 0 Å². The zero-order valence-corrected chi connectivity index (χ0v) is 16.0. The number of hydrogen-bond acceptors (Lipinski definition) is 4. The molecule has 0 aliphatic carbocycles. The Morgan fingerprint density at radius 3 is 2.69 bits per heavy atom. The van der Waals surface area contributed by atoms with Gasteiger partial charge in [0.15, 0.2) is 0 Å². The normalized spacial score (nSPS) is 10.4. The van der Waals surface area contributed by atoms with Crippen LogP contribution in [0.15, 0.2) is 65.4 Å². The third-order valence-electron chi connectivity index (χ3n) is 3.54. The molecule has 7 heteroatoms. The molecule has 132 valence electrons. The van der Waals surface area contributed by atoms with Gasteiger partial charge < -0.3 is 10.1 Å². The quantitative estimate of drug-likeness (QED) is 0.586. The number of carbonyl (C=O) groups is 1. The highest BCUT2D eigenvalue weighted by Crippen LogP contribution is 2.18. The van der Waals surface area contributed by atoms with Crippen molar-refractivity contribution >= 4 is 33.4 Å². The molecule has 0 aliphatic heterocycles. The highest BCUT2D eigenvalue weighted by Gasteiger charge is 2.11. The van der Waals surface area contributed by atoms with E-state index in [1.807, 2.05) is 42.5 Å². The fraction of sp³-hybridized carbons (Fsp3) is 0.105. The second-order valence-electron chi connectivity index (χ2n) is 5.43. The summed E-state index contributed by atoms with van der Waals surface area (Å²) in [6, 6.07) is 14.8. The molecule has 0 saturated heterocycles. The first-order chi connectivity index (χ1) is 12.6. The van der Waals surface area contributed by atoms with Crippen LogP contribution in [0.25, 0.3) is 0 Å². The van der Waals surface area contributed by atoms with E-state index in [0.717, 1.165) is 17.0 Å². The molecular weight excluding hydrogens is 418 g/mol. The third kappa shape index (κ3) is 5.03. The molecule has 5 nitrogen and oxygen atoms in total. The van der Waals surface area contributed by atoms with Gasteiger partial charge in [-0.1, -0.05) is 29.8 Å². The van der Waals surface area contributed by atoms with Gasteiger partial charge in [0.2, 0.25) is 0 Å². The maximum atomic E-state index is 12.2. The molecule has 26 heavy (non-hydrogen) atoms. The summed E-state index contributed by atoms with van der Waals surface area (Å²) < 4.78 is 6.39. The van der Waals surface area contributed by atoms with Crippen molar-refractivity contribution in [3.63, 3.8) is 0 Å². The molecule has 1 aromatic carbocycles. The average molecular weight is 433 g/mol. The number of nitrogens with one attached hydrogen (secondary N) is 1. The van der Waals surface area contributed by atoms with Gasteiger partial charge in [-0.3, -0.25) is 9.78 Å². The topological polar surface area (TPSA) is 64.1 Å². The minimum Gasteiger partial charge on any atom is -0.487 e. The maximum absolute atomic E-state index is 12.2. The van der Waals surface area contributed by atoms with Gasteiger partial charge in [-0.25, -0.2) is 4.98 Å². The van der Waals surface area contributed by atoms with Crippen LogP contribution < -0.4 is 10.1 Å². The molecule has 0 saturated carbocycles. The summed E-state index contributed by atoms with van der Waals surface area (Å²) in [5, 5.41) is 3.00. The van der Waals surface area contributed by atoms with E-state index >= 15 is 0 Å². The van der Waals surface area contributed by atoms with Crippen molar-refractivity contribution in [1.29, 1.82) is 0 Å². The first-order valence-electron chi connectivity index (χ1n) is 7.83. The van der Waals surface area contributed by atoms with Gasteiger partial charge in [-0.15, -0.1) is 0 Å². The smallest absolute Gasteiger partial charge is 0.254 e. The standard InChI is InChI=1S/C19H15BrClN3O2/c20-14-9-17(18(21)23-11-14)19(25)24-10-13-4-6-16(7-5-13)26-12-15-3-1-2-8-22-15/h1-9,11H,10,12H2,(H,24,25). The number of carbonyl (C=O) groups excluding carboxylic acids is 1. The van der Waals surface area contributed by atoms with E-state index in [9.17, 15) is 4.79 Å². The first-order valence-corrected chi connectivity index (χ1v) is 9.00. The lowest BCUT2D eigenvalue weighted by Gasteiger charge is -2.09. The van der Waals surface area contributed by atoms with Crippen LogP contribution >= 0.6 is 27.5 Å². The molecule has 0 spiro atoms. The Morgan fingerprint density at radius 1 is 1.15 bits per heavy atom. The molecule has 0 radical (unpaired) electrons. The molecule has 2 aromatic heterocycles. The number of aromatic nitrogens is 2. The molecule has 3 aromatic rings. The van der Waals surface area contributed by atoms with Crippen molar-refractivity contribution in [3.05, 3.63) is 87.4 Å². The largest absolute Gasteiger partial charge is 0.487 e. The van der Waals surface area contributed by atoms with Crippen LogP contribution in [0.2, 0.25) is 5.15 Å². The van der Waals surface area contributed by atoms with Gasteiger partial charge in [0.25, 0.3) is 5.91 Å². The Balaban J connectivity index is 1.54. The zero-order valence-electron chi connectivity index (χ0n) is 13.7. The summed E-state index contributed by atoms with van der Waals surface area (Å²) in [6.45, 7) is 0.785. The highest BCUT2D eigenvalue weighted by atomic mass is 79.9. The number of benzene rings is 1. The maximum Gasteiger partial charge on any atom is 0.254 e. The minimum atomic E-state index is -0.278. The Bertz CT molecular complexity index is 889. The first kappa shape index (κ1) is 18.4. The van der Waals surface area contributed by atoms with Gasteiger partial charge in [0.05, 0.1) is 11.3 Å².